The Morgan fingerprint density at radius 1 is 0.652 bits per heavy atom. The summed E-state index contributed by atoms with van der Waals surface area (Å²) >= 11 is 0. The normalized spacial score (nSPS) is 10.9. The van der Waals surface area contributed by atoms with Gasteiger partial charge in [0.25, 0.3) is 0 Å². The van der Waals surface area contributed by atoms with Crippen molar-refractivity contribution >= 4 is 5.97 Å². The summed E-state index contributed by atoms with van der Waals surface area (Å²) in [4.78, 5) is 11.6. The number of rotatable bonds is 18. The van der Waals surface area contributed by atoms with Crippen molar-refractivity contribution in [3.8, 4) is 0 Å². The maximum atomic E-state index is 11.6. The molecule has 0 unspecified atom stereocenters. The molecule has 0 aromatic heterocycles. The van der Waals surface area contributed by atoms with Crippen LogP contribution in [0.1, 0.15) is 123 Å². The minimum Gasteiger partial charge on any atom is -0.458 e. The largest absolute Gasteiger partial charge is 0.458 e. The molecule has 0 aliphatic carbocycles. The van der Waals surface area contributed by atoms with Gasteiger partial charge in [0, 0.05) is 6.42 Å². The van der Waals surface area contributed by atoms with Crippen molar-refractivity contribution < 1.29 is 9.53 Å². The van der Waals surface area contributed by atoms with Crippen LogP contribution in [0.2, 0.25) is 0 Å². The molecular formula is C21H41O2. The number of hydrogen-bond donors (Lipinski definition) is 0. The fourth-order valence-corrected chi connectivity index (χ4v) is 2.80. The summed E-state index contributed by atoms with van der Waals surface area (Å²) in [6, 6.07) is 0. The first kappa shape index (κ1) is 22.5. The average molecular weight is 326 g/mol. The van der Waals surface area contributed by atoms with E-state index in [9.17, 15) is 4.79 Å². The molecule has 0 saturated heterocycles. The summed E-state index contributed by atoms with van der Waals surface area (Å²) in [5.74, 6) is -0.0434. The molecule has 0 bridgehead atoms. The number of ether oxygens (including phenoxy) is 1. The number of carbonyl (C=O) groups excluding carboxylic acids is 1. The van der Waals surface area contributed by atoms with Crippen LogP contribution in [-0.2, 0) is 9.53 Å². The Labute approximate surface area is 145 Å². The molecule has 2 heteroatoms. The van der Waals surface area contributed by atoms with Crippen LogP contribution in [0.4, 0.5) is 0 Å². The van der Waals surface area contributed by atoms with Gasteiger partial charge in [0.05, 0.1) is 0 Å². The number of hydrogen-bond acceptors (Lipinski definition) is 2. The minimum absolute atomic E-state index is 0.0434. The lowest BCUT2D eigenvalue weighted by Gasteiger charge is -2.04. The average Bonchev–Trinajstić information content (AvgIpc) is 2.55. The SMILES string of the molecule is CCCCCCC[CH]OC(=O)CCCCCCCCCCCC. The molecule has 137 valence electrons. The summed E-state index contributed by atoms with van der Waals surface area (Å²) in [5, 5.41) is 0. The Morgan fingerprint density at radius 3 is 1.61 bits per heavy atom. The summed E-state index contributed by atoms with van der Waals surface area (Å²) in [6.45, 7) is 6.20. The van der Waals surface area contributed by atoms with E-state index < -0.39 is 0 Å². The highest BCUT2D eigenvalue weighted by Crippen LogP contribution is 2.12. The Morgan fingerprint density at radius 2 is 1.09 bits per heavy atom. The molecule has 0 amide bonds. The minimum atomic E-state index is -0.0434. The van der Waals surface area contributed by atoms with Crippen molar-refractivity contribution in [1.29, 1.82) is 0 Å². The molecule has 0 fully saturated rings. The van der Waals surface area contributed by atoms with E-state index >= 15 is 0 Å². The second-order valence-corrected chi connectivity index (χ2v) is 6.79. The van der Waals surface area contributed by atoms with E-state index in [-0.39, 0.29) is 5.97 Å². The summed E-state index contributed by atoms with van der Waals surface area (Å²) in [7, 11) is 0. The molecular weight excluding hydrogens is 284 g/mol. The van der Waals surface area contributed by atoms with Crippen molar-refractivity contribution in [2.24, 2.45) is 0 Å². The molecule has 0 rings (SSSR count). The first-order valence-corrected chi connectivity index (χ1v) is 10.3. The molecule has 0 heterocycles. The highest BCUT2D eigenvalue weighted by molar-refractivity contribution is 5.69. The Hall–Kier alpha value is -0.530. The van der Waals surface area contributed by atoms with E-state index in [0.717, 1.165) is 19.3 Å². The number of carbonyl (C=O) groups is 1. The molecule has 0 atom stereocenters. The molecule has 1 radical (unpaired) electrons. The second-order valence-electron chi connectivity index (χ2n) is 6.79. The second kappa shape index (κ2) is 19.5. The predicted octanol–water partition coefficient (Wildman–Crippen LogP) is 7.36. The summed E-state index contributed by atoms with van der Waals surface area (Å²) in [5.41, 5.74) is 0. The third-order valence-corrected chi connectivity index (χ3v) is 4.37. The first-order valence-electron chi connectivity index (χ1n) is 10.3. The number of unbranched alkanes of at least 4 members (excludes halogenated alkanes) is 14. The van der Waals surface area contributed by atoms with Gasteiger partial charge in [0.15, 0.2) is 0 Å². The smallest absolute Gasteiger partial charge is 0.306 e. The van der Waals surface area contributed by atoms with Crippen molar-refractivity contribution in [1.82, 2.24) is 0 Å². The lowest BCUT2D eigenvalue weighted by atomic mass is 10.1. The zero-order valence-electron chi connectivity index (χ0n) is 15.9. The fraction of sp³-hybridized carbons (Fsp3) is 0.905. The van der Waals surface area contributed by atoms with Gasteiger partial charge in [-0.2, -0.15) is 0 Å². The van der Waals surface area contributed by atoms with Crippen molar-refractivity contribution in [3.63, 3.8) is 0 Å². The Kier molecular flexibility index (Phi) is 19.1. The van der Waals surface area contributed by atoms with Crippen LogP contribution in [0, 0.1) is 6.61 Å². The van der Waals surface area contributed by atoms with Gasteiger partial charge in [-0.05, 0) is 19.3 Å². The molecule has 0 aliphatic heterocycles. The third-order valence-electron chi connectivity index (χ3n) is 4.37. The number of esters is 1. The van der Waals surface area contributed by atoms with E-state index in [0.29, 0.717) is 6.42 Å². The van der Waals surface area contributed by atoms with Gasteiger partial charge in [-0.1, -0.05) is 97.3 Å². The van der Waals surface area contributed by atoms with E-state index in [2.05, 4.69) is 13.8 Å². The topological polar surface area (TPSA) is 26.3 Å². The highest BCUT2D eigenvalue weighted by atomic mass is 16.5. The van der Waals surface area contributed by atoms with Crippen LogP contribution in [0.25, 0.3) is 0 Å². The van der Waals surface area contributed by atoms with Crippen LogP contribution >= 0.6 is 0 Å². The van der Waals surface area contributed by atoms with Gasteiger partial charge in [0.1, 0.15) is 6.61 Å². The molecule has 0 aromatic carbocycles. The van der Waals surface area contributed by atoms with E-state index in [1.807, 2.05) is 0 Å². The predicted molar refractivity (Wildman–Crippen MR) is 100 cm³/mol. The van der Waals surface area contributed by atoms with Gasteiger partial charge in [-0.3, -0.25) is 4.79 Å². The molecule has 0 spiro atoms. The standard InChI is InChI=1S/C21H41O2/c1-3-5-7-9-11-12-13-14-15-17-19-21(22)23-20-18-16-10-8-6-4-2/h20H,3-19H2,1-2H3. The molecule has 23 heavy (non-hydrogen) atoms. The Balaban J connectivity index is 3.13. The van der Waals surface area contributed by atoms with Crippen LogP contribution in [0.5, 0.6) is 0 Å². The summed E-state index contributed by atoms with van der Waals surface area (Å²) in [6.07, 6.45) is 20.8. The molecule has 0 aliphatic rings. The zero-order valence-corrected chi connectivity index (χ0v) is 15.9. The van der Waals surface area contributed by atoms with Crippen LogP contribution in [-0.4, -0.2) is 5.97 Å². The molecule has 0 N–H and O–H groups in total. The molecule has 0 saturated carbocycles. The quantitative estimate of drug-likeness (QED) is 0.194. The monoisotopic (exact) mass is 325 g/mol. The van der Waals surface area contributed by atoms with Gasteiger partial charge >= 0.3 is 5.97 Å². The molecule has 2 nitrogen and oxygen atoms in total. The fourth-order valence-electron chi connectivity index (χ4n) is 2.80. The maximum Gasteiger partial charge on any atom is 0.306 e. The maximum absolute atomic E-state index is 11.6. The van der Waals surface area contributed by atoms with Gasteiger partial charge < -0.3 is 4.74 Å². The Bertz CT molecular complexity index is 238. The van der Waals surface area contributed by atoms with Gasteiger partial charge in [-0.25, -0.2) is 0 Å². The summed E-state index contributed by atoms with van der Waals surface area (Å²) < 4.78 is 5.17. The van der Waals surface area contributed by atoms with E-state index in [1.54, 1.807) is 6.61 Å². The van der Waals surface area contributed by atoms with Crippen LogP contribution < -0.4 is 0 Å². The van der Waals surface area contributed by atoms with Crippen molar-refractivity contribution in [2.75, 3.05) is 0 Å². The highest BCUT2D eigenvalue weighted by Gasteiger charge is 2.02. The van der Waals surface area contributed by atoms with Gasteiger partial charge in [0.2, 0.25) is 0 Å². The third kappa shape index (κ3) is 19.4. The van der Waals surface area contributed by atoms with Gasteiger partial charge in [-0.15, -0.1) is 0 Å². The molecule has 0 aromatic rings. The van der Waals surface area contributed by atoms with Crippen molar-refractivity contribution in [2.45, 2.75) is 123 Å². The lowest BCUT2D eigenvalue weighted by molar-refractivity contribution is -0.140. The van der Waals surface area contributed by atoms with Crippen molar-refractivity contribution in [3.05, 3.63) is 6.61 Å². The lowest BCUT2D eigenvalue weighted by Crippen LogP contribution is -2.02. The van der Waals surface area contributed by atoms with E-state index in [1.165, 1.54) is 83.5 Å². The van der Waals surface area contributed by atoms with Crippen LogP contribution in [0.3, 0.4) is 0 Å². The first-order chi connectivity index (χ1) is 11.3. The van der Waals surface area contributed by atoms with E-state index in [4.69, 9.17) is 4.74 Å². The zero-order chi connectivity index (χ0) is 17.0. The van der Waals surface area contributed by atoms with Crippen LogP contribution in [0.15, 0.2) is 0 Å².